The molecule has 0 N–H and O–H groups in total. The van der Waals surface area contributed by atoms with Crippen molar-refractivity contribution < 1.29 is 0 Å². The first-order valence-corrected chi connectivity index (χ1v) is 16.2. The molecule has 0 spiro atoms. The number of hydrogen-bond donors (Lipinski definition) is 0. The second-order valence-electron chi connectivity index (χ2n) is 11.9. The average molecular weight is 601 g/mol. The number of hydrogen-bond acceptors (Lipinski definition) is 4. The molecular weight excluding hydrogens is 560 g/mol. The van der Waals surface area contributed by atoms with Crippen LogP contribution in [0.3, 0.4) is 0 Å². The summed E-state index contributed by atoms with van der Waals surface area (Å²) in [4.78, 5) is 9.86. The molecule has 7 rings (SSSR count). The smallest absolute Gasteiger partial charge is 0.0464 e. The van der Waals surface area contributed by atoms with Gasteiger partial charge in [-0.05, 0) is 83.9 Å². The first-order chi connectivity index (χ1) is 22.8. The van der Waals surface area contributed by atoms with Crippen LogP contribution in [0.15, 0.2) is 170 Å². The summed E-state index contributed by atoms with van der Waals surface area (Å²) < 4.78 is 0. The number of para-hydroxylation sites is 4. The molecule has 1 aliphatic heterocycles. The molecule has 46 heavy (non-hydrogen) atoms. The van der Waals surface area contributed by atoms with E-state index >= 15 is 0 Å². The standard InChI is InChI=1S/C42H40N4/c1-5-17-37(18-6-1)45(38-19-7-2-8-20-38)41-25-13-15-35(31-41)33-43-27-29-44(30-28-43)34-36-16-14-26-42(32-36)46(39-21-9-3-10-22-39)40-23-11-4-12-24-40/h1-26,31-32H,27-30,33-34H2. The third kappa shape index (κ3) is 7.05. The molecule has 1 saturated heterocycles. The minimum absolute atomic E-state index is 0.956. The molecule has 6 aromatic carbocycles. The van der Waals surface area contributed by atoms with Crippen molar-refractivity contribution in [2.24, 2.45) is 0 Å². The lowest BCUT2D eigenvalue weighted by Crippen LogP contribution is -2.45. The van der Waals surface area contributed by atoms with Crippen molar-refractivity contribution in [3.05, 3.63) is 181 Å². The summed E-state index contributed by atoms with van der Waals surface area (Å²) in [5.74, 6) is 0. The van der Waals surface area contributed by atoms with Gasteiger partial charge in [0.05, 0.1) is 0 Å². The highest BCUT2D eigenvalue weighted by atomic mass is 15.3. The summed E-state index contributed by atoms with van der Waals surface area (Å²) in [6, 6.07) is 60.6. The fourth-order valence-electron chi connectivity index (χ4n) is 6.41. The minimum Gasteiger partial charge on any atom is -0.310 e. The lowest BCUT2D eigenvalue weighted by atomic mass is 10.1. The van der Waals surface area contributed by atoms with Crippen molar-refractivity contribution >= 4 is 34.1 Å². The highest BCUT2D eigenvalue weighted by Crippen LogP contribution is 2.36. The molecular formula is C42H40N4. The van der Waals surface area contributed by atoms with Crippen LogP contribution in [-0.4, -0.2) is 36.0 Å². The monoisotopic (exact) mass is 600 g/mol. The molecule has 228 valence electrons. The van der Waals surface area contributed by atoms with E-state index in [9.17, 15) is 0 Å². The number of anilines is 6. The number of rotatable bonds is 10. The Hall–Kier alpha value is -5.16. The lowest BCUT2D eigenvalue weighted by Gasteiger charge is -2.35. The predicted molar refractivity (Wildman–Crippen MR) is 193 cm³/mol. The minimum atomic E-state index is 0.956. The fraction of sp³-hybridized carbons (Fsp3) is 0.143. The van der Waals surface area contributed by atoms with Crippen molar-refractivity contribution in [2.45, 2.75) is 13.1 Å². The van der Waals surface area contributed by atoms with Gasteiger partial charge in [-0.3, -0.25) is 9.80 Å². The summed E-state index contributed by atoms with van der Waals surface area (Å²) in [6.45, 7) is 6.15. The van der Waals surface area contributed by atoms with E-state index < -0.39 is 0 Å². The second-order valence-corrected chi connectivity index (χ2v) is 11.9. The summed E-state index contributed by atoms with van der Waals surface area (Å²) in [5, 5.41) is 0. The highest BCUT2D eigenvalue weighted by Gasteiger charge is 2.19. The van der Waals surface area contributed by atoms with E-state index in [1.165, 1.54) is 45.3 Å². The maximum atomic E-state index is 2.59. The third-order valence-corrected chi connectivity index (χ3v) is 8.67. The van der Waals surface area contributed by atoms with E-state index in [0.29, 0.717) is 0 Å². The first-order valence-electron chi connectivity index (χ1n) is 16.2. The largest absolute Gasteiger partial charge is 0.310 e. The van der Waals surface area contributed by atoms with Crippen molar-refractivity contribution in [1.29, 1.82) is 0 Å². The zero-order valence-electron chi connectivity index (χ0n) is 26.2. The normalized spacial score (nSPS) is 13.7. The first kappa shape index (κ1) is 29.5. The molecule has 0 radical (unpaired) electrons. The van der Waals surface area contributed by atoms with E-state index in [2.05, 4.69) is 189 Å². The number of nitrogens with zero attached hydrogens (tertiary/aromatic N) is 4. The predicted octanol–water partition coefficient (Wildman–Crippen LogP) is 9.94. The van der Waals surface area contributed by atoms with Gasteiger partial charge in [0, 0.05) is 73.4 Å². The molecule has 0 unspecified atom stereocenters. The Labute approximate surface area is 273 Å². The van der Waals surface area contributed by atoms with Crippen LogP contribution >= 0.6 is 0 Å². The Morgan fingerprint density at radius 2 is 0.609 bits per heavy atom. The summed E-state index contributed by atoms with van der Waals surface area (Å²) in [7, 11) is 0. The molecule has 6 aromatic rings. The van der Waals surface area contributed by atoms with E-state index in [0.717, 1.165) is 39.3 Å². The van der Waals surface area contributed by atoms with Crippen LogP contribution in [0.25, 0.3) is 0 Å². The van der Waals surface area contributed by atoms with Crippen LogP contribution in [0.4, 0.5) is 34.1 Å². The van der Waals surface area contributed by atoms with Crippen molar-refractivity contribution in [2.75, 3.05) is 36.0 Å². The van der Waals surface area contributed by atoms with E-state index in [-0.39, 0.29) is 0 Å². The van der Waals surface area contributed by atoms with Gasteiger partial charge in [-0.15, -0.1) is 0 Å². The summed E-state index contributed by atoms with van der Waals surface area (Å²) >= 11 is 0. The molecule has 4 nitrogen and oxygen atoms in total. The SMILES string of the molecule is c1ccc(N(c2ccccc2)c2cccc(CN3CCN(Cc4cccc(N(c5ccccc5)c5ccccc5)c4)CC3)c2)cc1. The average Bonchev–Trinajstić information content (AvgIpc) is 3.12. The van der Waals surface area contributed by atoms with Crippen LogP contribution in [0.1, 0.15) is 11.1 Å². The molecule has 0 amide bonds. The Kier molecular flexibility index (Phi) is 9.18. The molecule has 0 saturated carbocycles. The van der Waals surface area contributed by atoms with Crippen LogP contribution in [0, 0.1) is 0 Å². The van der Waals surface area contributed by atoms with Gasteiger partial charge >= 0.3 is 0 Å². The maximum absolute atomic E-state index is 2.59. The Morgan fingerprint density at radius 3 is 0.913 bits per heavy atom. The Balaban J connectivity index is 1.01. The molecule has 0 atom stereocenters. The molecule has 1 fully saturated rings. The van der Waals surface area contributed by atoms with E-state index in [1.807, 2.05) is 0 Å². The van der Waals surface area contributed by atoms with Crippen LogP contribution < -0.4 is 9.80 Å². The highest BCUT2D eigenvalue weighted by molar-refractivity contribution is 5.77. The zero-order chi connectivity index (χ0) is 31.0. The van der Waals surface area contributed by atoms with Gasteiger partial charge in [-0.1, -0.05) is 97.1 Å². The van der Waals surface area contributed by atoms with Gasteiger partial charge < -0.3 is 9.80 Å². The quantitative estimate of drug-likeness (QED) is 0.155. The van der Waals surface area contributed by atoms with Crippen molar-refractivity contribution in [1.82, 2.24) is 9.80 Å². The van der Waals surface area contributed by atoms with Gasteiger partial charge in [0.15, 0.2) is 0 Å². The van der Waals surface area contributed by atoms with E-state index in [1.54, 1.807) is 0 Å². The van der Waals surface area contributed by atoms with Crippen LogP contribution in [0.5, 0.6) is 0 Å². The lowest BCUT2D eigenvalue weighted by molar-refractivity contribution is 0.122. The van der Waals surface area contributed by atoms with Gasteiger partial charge in [0.2, 0.25) is 0 Å². The van der Waals surface area contributed by atoms with Crippen molar-refractivity contribution in [3.63, 3.8) is 0 Å². The van der Waals surface area contributed by atoms with Gasteiger partial charge in [0.1, 0.15) is 0 Å². The van der Waals surface area contributed by atoms with Crippen LogP contribution in [-0.2, 0) is 13.1 Å². The zero-order valence-corrected chi connectivity index (χ0v) is 26.2. The van der Waals surface area contributed by atoms with Gasteiger partial charge in [-0.25, -0.2) is 0 Å². The Morgan fingerprint density at radius 1 is 0.326 bits per heavy atom. The van der Waals surface area contributed by atoms with Gasteiger partial charge in [-0.2, -0.15) is 0 Å². The van der Waals surface area contributed by atoms with Gasteiger partial charge in [0.25, 0.3) is 0 Å². The molecule has 1 aliphatic rings. The number of piperazine rings is 1. The number of benzene rings is 6. The summed E-state index contributed by atoms with van der Waals surface area (Å²) in [5.41, 5.74) is 9.73. The van der Waals surface area contributed by atoms with Crippen molar-refractivity contribution in [3.8, 4) is 0 Å². The maximum Gasteiger partial charge on any atom is 0.0464 e. The Bertz CT molecular complexity index is 1590. The molecule has 0 aliphatic carbocycles. The second kappa shape index (κ2) is 14.3. The van der Waals surface area contributed by atoms with E-state index in [4.69, 9.17) is 0 Å². The topological polar surface area (TPSA) is 13.0 Å². The molecule has 1 heterocycles. The molecule has 0 bridgehead atoms. The van der Waals surface area contributed by atoms with Crippen LogP contribution in [0.2, 0.25) is 0 Å². The molecule has 0 aromatic heterocycles. The molecule has 4 heteroatoms. The fourth-order valence-corrected chi connectivity index (χ4v) is 6.41. The third-order valence-electron chi connectivity index (χ3n) is 8.67. The summed E-state index contributed by atoms with van der Waals surface area (Å²) in [6.07, 6.45) is 0.